The number of H-pyrrole nitrogens is 1. The van der Waals surface area contributed by atoms with Crippen LogP contribution in [-0.4, -0.2) is 90.2 Å². The lowest BCUT2D eigenvalue weighted by molar-refractivity contribution is 0.0947. The average molecular weight is 543 g/mol. The van der Waals surface area contributed by atoms with E-state index in [0.29, 0.717) is 77.1 Å². The molecule has 0 spiro atoms. The fourth-order valence-corrected chi connectivity index (χ4v) is 4.14. The minimum absolute atomic E-state index is 0.297. The summed E-state index contributed by atoms with van der Waals surface area (Å²) in [5, 5.41) is 19.1. The van der Waals surface area contributed by atoms with Gasteiger partial charge in [-0.25, -0.2) is 14.6 Å². The molecule has 3 aromatic heterocycles. The van der Waals surface area contributed by atoms with Crippen LogP contribution in [0.3, 0.4) is 0 Å². The molecule has 3 heterocycles. The first kappa shape index (κ1) is 27.0. The van der Waals surface area contributed by atoms with Gasteiger partial charge in [0, 0.05) is 25.8 Å². The number of nitrogens with zero attached hydrogens (tertiary/aromatic N) is 5. The Kier molecular flexibility index (Phi) is 8.86. The van der Waals surface area contributed by atoms with E-state index in [9.17, 15) is 4.79 Å². The molecule has 0 atom stereocenters. The van der Waals surface area contributed by atoms with Gasteiger partial charge in [0.15, 0.2) is 22.3 Å². The van der Waals surface area contributed by atoms with E-state index in [4.69, 9.17) is 18.9 Å². The maximum Gasteiger partial charge on any atom is 0.269 e. The number of carbonyl (C=O) groups excluding carboxylic acids is 1. The molecule has 0 unspecified atom stereocenters. The number of aromatic amines is 1. The molecular weight excluding hydrogens is 512 g/mol. The number of benzene rings is 1. The van der Waals surface area contributed by atoms with Crippen molar-refractivity contribution in [1.29, 1.82) is 0 Å². The lowest BCUT2D eigenvalue weighted by atomic mass is 10.1. The number of hydrogen-bond acceptors (Lipinski definition) is 11. The van der Waals surface area contributed by atoms with Crippen molar-refractivity contribution in [3.8, 4) is 28.5 Å². The van der Waals surface area contributed by atoms with Crippen LogP contribution in [0.25, 0.3) is 22.3 Å². The first-order valence-corrected chi connectivity index (χ1v) is 12.9. The molecule has 0 aliphatic heterocycles. The van der Waals surface area contributed by atoms with Crippen molar-refractivity contribution in [1.82, 2.24) is 35.3 Å². The second-order valence-electron chi connectivity index (χ2n) is 7.92. The second kappa shape index (κ2) is 12.5. The maximum atomic E-state index is 12.8. The zero-order valence-electron chi connectivity index (χ0n) is 21.8. The van der Waals surface area contributed by atoms with Crippen molar-refractivity contribution >= 4 is 34.5 Å². The minimum atomic E-state index is -0.297. The first-order chi connectivity index (χ1) is 18.5. The molecule has 3 N–H and O–H groups in total. The number of rotatable bonds is 13. The van der Waals surface area contributed by atoms with Crippen molar-refractivity contribution in [2.24, 2.45) is 0 Å². The number of methoxy groups -OCH3 is 4. The molecule has 0 aliphatic rings. The number of fused-ring (bicyclic) bond motifs is 1. The van der Waals surface area contributed by atoms with Crippen LogP contribution in [0.1, 0.15) is 10.5 Å². The van der Waals surface area contributed by atoms with Crippen LogP contribution in [0.5, 0.6) is 17.2 Å². The van der Waals surface area contributed by atoms with E-state index in [1.165, 1.54) is 18.9 Å². The van der Waals surface area contributed by atoms with Crippen LogP contribution in [0.15, 0.2) is 29.6 Å². The van der Waals surface area contributed by atoms with E-state index in [-0.39, 0.29) is 5.91 Å². The van der Waals surface area contributed by atoms with Gasteiger partial charge >= 0.3 is 0 Å². The van der Waals surface area contributed by atoms with Crippen molar-refractivity contribution in [2.75, 3.05) is 59.7 Å². The van der Waals surface area contributed by atoms with Gasteiger partial charge in [0.2, 0.25) is 5.75 Å². The van der Waals surface area contributed by atoms with E-state index >= 15 is 0 Å². The van der Waals surface area contributed by atoms with Crippen LogP contribution in [0.4, 0.5) is 5.82 Å². The van der Waals surface area contributed by atoms with Crippen LogP contribution in [0.2, 0.25) is 0 Å². The van der Waals surface area contributed by atoms with E-state index in [0.717, 1.165) is 5.39 Å². The summed E-state index contributed by atoms with van der Waals surface area (Å²) < 4.78 is 23.0. The Morgan fingerprint density at radius 1 is 1.05 bits per heavy atom. The Morgan fingerprint density at radius 2 is 1.82 bits per heavy atom. The zero-order valence-corrected chi connectivity index (χ0v) is 22.6. The number of hydrogen-bond donors (Lipinski definition) is 3. The summed E-state index contributed by atoms with van der Waals surface area (Å²) >= 11 is 1.44. The van der Waals surface area contributed by atoms with Gasteiger partial charge in [-0.2, -0.15) is 10.2 Å². The Morgan fingerprint density at radius 3 is 2.47 bits per heavy atom. The number of nitrogens with one attached hydrogen (secondary N) is 3. The van der Waals surface area contributed by atoms with Crippen LogP contribution < -0.4 is 24.8 Å². The standard InChI is InChI=1S/C24H30N8O5S/c1-34-9-7-25-21-15-13-27-32(22(15)29-24(28-21)38-5)8-6-26-23(33)17-12-16(30-31-17)14-10-18(35-2)20(37-4)19(11-14)36-3/h10-13H,6-9H2,1-5H3,(H,26,33)(H,30,31)(H,25,28,29). The molecule has 0 saturated heterocycles. The maximum absolute atomic E-state index is 12.8. The summed E-state index contributed by atoms with van der Waals surface area (Å²) in [7, 11) is 6.27. The van der Waals surface area contributed by atoms with E-state index in [2.05, 4.69) is 35.9 Å². The Labute approximate surface area is 223 Å². The van der Waals surface area contributed by atoms with Crippen molar-refractivity contribution < 1.29 is 23.7 Å². The third kappa shape index (κ3) is 5.75. The predicted molar refractivity (Wildman–Crippen MR) is 143 cm³/mol. The van der Waals surface area contributed by atoms with Gasteiger partial charge in [0.25, 0.3) is 5.91 Å². The molecule has 4 aromatic rings. The highest BCUT2D eigenvalue weighted by Crippen LogP contribution is 2.40. The number of aromatic nitrogens is 6. The zero-order chi connectivity index (χ0) is 27.1. The largest absolute Gasteiger partial charge is 0.493 e. The summed E-state index contributed by atoms with van der Waals surface area (Å²) in [6, 6.07) is 5.20. The quantitative estimate of drug-likeness (QED) is 0.130. The number of ether oxygens (including phenoxy) is 4. The molecule has 4 rings (SSSR count). The minimum Gasteiger partial charge on any atom is -0.493 e. The molecule has 0 aliphatic carbocycles. The lowest BCUT2D eigenvalue weighted by Gasteiger charge is -2.13. The highest BCUT2D eigenvalue weighted by Gasteiger charge is 2.18. The molecule has 0 fully saturated rings. The molecule has 38 heavy (non-hydrogen) atoms. The fraction of sp³-hybridized carbons (Fsp3) is 0.375. The Balaban J connectivity index is 1.44. The van der Waals surface area contributed by atoms with Gasteiger partial charge in [0.1, 0.15) is 11.5 Å². The van der Waals surface area contributed by atoms with Gasteiger partial charge in [-0.05, 0) is 24.5 Å². The third-order valence-electron chi connectivity index (χ3n) is 5.65. The molecule has 202 valence electrons. The molecule has 14 heteroatoms. The van der Waals surface area contributed by atoms with Gasteiger partial charge in [0.05, 0.1) is 51.8 Å². The monoisotopic (exact) mass is 542 g/mol. The predicted octanol–water partition coefficient (Wildman–Crippen LogP) is 2.45. The number of amides is 1. The molecule has 13 nitrogen and oxygen atoms in total. The van der Waals surface area contributed by atoms with Gasteiger partial charge < -0.3 is 29.6 Å². The second-order valence-corrected chi connectivity index (χ2v) is 8.69. The molecule has 0 radical (unpaired) electrons. The highest BCUT2D eigenvalue weighted by atomic mass is 32.2. The summed E-state index contributed by atoms with van der Waals surface area (Å²) in [6.07, 6.45) is 3.63. The number of anilines is 1. The van der Waals surface area contributed by atoms with Crippen LogP contribution >= 0.6 is 11.8 Å². The average Bonchev–Trinajstić information content (AvgIpc) is 3.60. The highest BCUT2D eigenvalue weighted by molar-refractivity contribution is 7.98. The van der Waals surface area contributed by atoms with Crippen molar-refractivity contribution in [2.45, 2.75) is 11.7 Å². The summed E-state index contributed by atoms with van der Waals surface area (Å²) in [5.41, 5.74) is 2.26. The molecule has 1 aromatic carbocycles. The molecular formula is C24H30N8O5S. The van der Waals surface area contributed by atoms with Gasteiger partial charge in [-0.1, -0.05) is 11.8 Å². The third-order valence-corrected chi connectivity index (χ3v) is 6.20. The van der Waals surface area contributed by atoms with Crippen LogP contribution in [-0.2, 0) is 11.3 Å². The molecule has 1 amide bonds. The summed E-state index contributed by atoms with van der Waals surface area (Å²) in [6.45, 7) is 1.92. The molecule has 0 saturated carbocycles. The number of carbonyl (C=O) groups is 1. The topological polar surface area (TPSA) is 150 Å². The van der Waals surface area contributed by atoms with Crippen LogP contribution in [0, 0.1) is 0 Å². The Bertz CT molecular complexity index is 1380. The summed E-state index contributed by atoms with van der Waals surface area (Å²) in [4.78, 5) is 21.9. The van der Waals surface area contributed by atoms with Crippen molar-refractivity contribution in [3.63, 3.8) is 0 Å². The van der Waals surface area contributed by atoms with Gasteiger partial charge in [-0.15, -0.1) is 0 Å². The lowest BCUT2D eigenvalue weighted by Crippen LogP contribution is -2.27. The fourth-order valence-electron chi connectivity index (χ4n) is 3.78. The first-order valence-electron chi connectivity index (χ1n) is 11.7. The summed E-state index contributed by atoms with van der Waals surface area (Å²) in [5.74, 6) is 1.87. The SMILES string of the molecule is COCCNc1nc(SC)nc2c1cnn2CCNC(=O)c1cc(-c2cc(OC)c(OC)c(OC)c2)n[nH]1. The van der Waals surface area contributed by atoms with E-state index in [1.54, 1.807) is 50.4 Å². The van der Waals surface area contributed by atoms with Crippen molar-refractivity contribution in [3.05, 3.63) is 30.1 Å². The normalized spacial score (nSPS) is 11.0. The Hall–Kier alpha value is -4.04. The van der Waals surface area contributed by atoms with E-state index < -0.39 is 0 Å². The molecule has 0 bridgehead atoms. The number of thioether (sulfide) groups is 1. The van der Waals surface area contributed by atoms with E-state index in [1.807, 2.05) is 6.26 Å². The van der Waals surface area contributed by atoms with Gasteiger partial charge in [-0.3, -0.25) is 9.89 Å². The smallest absolute Gasteiger partial charge is 0.269 e.